The van der Waals surface area contributed by atoms with Crippen LogP contribution in [0.5, 0.6) is 5.75 Å². The summed E-state index contributed by atoms with van der Waals surface area (Å²) in [4.78, 5) is 24.6. The van der Waals surface area contributed by atoms with Gasteiger partial charge in [0.25, 0.3) is 11.6 Å². The standard InChI is InChI=1S/C19H16N4O4S/c1-22-18-12-5-3-4-6-16(12)28-10-13(18)17(21-22)19(24)20-14-9-11(23(25)26)7-8-15(14)27-2/h3-9H,10H2,1-2H3,(H,20,24). The summed E-state index contributed by atoms with van der Waals surface area (Å²) in [6.45, 7) is 0. The number of aryl methyl sites for hydroxylation is 1. The SMILES string of the molecule is COc1ccc([N+](=O)[O-])cc1NC(=O)c1nn(C)c2c1CSc1ccccc1-2. The molecule has 1 amide bonds. The van der Waals surface area contributed by atoms with Gasteiger partial charge in [-0.05, 0) is 12.1 Å². The highest BCUT2D eigenvalue weighted by molar-refractivity contribution is 7.98. The predicted molar refractivity (Wildman–Crippen MR) is 106 cm³/mol. The van der Waals surface area contributed by atoms with E-state index in [1.54, 1.807) is 23.5 Å². The largest absolute Gasteiger partial charge is 0.495 e. The maximum absolute atomic E-state index is 12.9. The number of thioether (sulfide) groups is 1. The molecule has 9 heteroatoms. The number of methoxy groups -OCH3 is 1. The van der Waals surface area contributed by atoms with Crippen molar-refractivity contribution in [3.05, 3.63) is 63.8 Å². The molecular formula is C19H16N4O4S. The lowest BCUT2D eigenvalue weighted by Crippen LogP contribution is -2.15. The molecule has 0 unspecified atom stereocenters. The zero-order valence-corrected chi connectivity index (χ0v) is 15.9. The fraction of sp³-hybridized carbons (Fsp3) is 0.158. The topological polar surface area (TPSA) is 99.3 Å². The first-order valence-corrected chi connectivity index (χ1v) is 9.40. The number of carbonyl (C=O) groups excluding carboxylic acids is 1. The molecule has 0 spiro atoms. The predicted octanol–water partition coefficient (Wildman–Crippen LogP) is 3.86. The molecule has 0 saturated heterocycles. The number of benzene rings is 2. The first-order valence-electron chi connectivity index (χ1n) is 8.41. The Morgan fingerprint density at radius 3 is 2.86 bits per heavy atom. The van der Waals surface area contributed by atoms with Crippen molar-refractivity contribution in [3.8, 4) is 17.0 Å². The first-order chi connectivity index (χ1) is 13.5. The van der Waals surface area contributed by atoms with Crippen LogP contribution >= 0.6 is 11.8 Å². The van der Waals surface area contributed by atoms with Crippen molar-refractivity contribution < 1.29 is 14.5 Å². The number of nitro groups is 1. The third kappa shape index (κ3) is 2.99. The van der Waals surface area contributed by atoms with Gasteiger partial charge in [0.05, 0.1) is 23.4 Å². The Morgan fingerprint density at radius 2 is 2.11 bits per heavy atom. The van der Waals surface area contributed by atoms with Gasteiger partial charge >= 0.3 is 0 Å². The van der Waals surface area contributed by atoms with Gasteiger partial charge in [-0.25, -0.2) is 0 Å². The van der Waals surface area contributed by atoms with Crippen molar-refractivity contribution in [1.82, 2.24) is 9.78 Å². The van der Waals surface area contributed by atoms with E-state index in [9.17, 15) is 14.9 Å². The number of nitrogens with zero attached hydrogens (tertiary/aromatic N) is 3. The smallest absolute Gasteiger partial charge is 0.276 e. The highest BCUT2D eigenvalue weighted by Gasteiger charge is 2.28. The minimum atomic E-state index is -0.523. The molecule has 0 saturated carbocycles. The van der Waals surface area contributed by atoms with E-state index in [0.29, 0.717) is 17.2 Å². The van der Waals surface area contributed by atoms with E-state index in [1.165, 1.54) is 25.3 Å². The van der Waals surface area contributed by atoms with Gasteiger partial charge in [0.1, 0.15) is 5.75 Å². The second-order valence-corrected chi connectivity index (χ2v) is 7.20. The molecule has 1 N–H and O–H groups in total. The van der Waals surface area contributed by atoms with Gasteiger partial charge in [-0.2, -0.15) is 5.10 Å². The van der Waals surface area contributed by atoms with Crippen LogP contribution in [-0.4, -0.2) is 27.7 Å². The Balaban J connectivity index is 1.72. The summed E-state index contributed by atoms with van der Waals surface area (Å²) in [5, 5.41) is 18.2. The lowest BCUT2D eigenvalue weighted by atomic mass is 10.1. The van der Waals surface area contributed by atoms with Crippen molar-refractivity contribution >= 4 is 29.0 Å². The number of carbonyl (C=O) groups is 1. The molecule has 0 aliphatic carbocycles. The summed E-state index contributed by atoms with van der Waals surface area (Å²) < 4.78 is 6.92. The molecule has 0 atom stereocenters. The van der Waals surface area contributed by atoms with E-state index < -0.39 is 10.8 Å². The summed E-state index contributed by atoms with van der Waals surface area (Å²) in [6.07, 6.45) is 0. The van der Waals surface area contributed by atoms with E-state index in [-0.39, 0.29) is 11.4 Å². The Kier molecular flexibility index (Phi) is 4.52. The van der Waals surface area contributed by atoms with E-state index in [0.717, 1.165) is 21.7 Å². The van der Waals surface area contributed by atoms with Gasteiger partial charge in [0.2, 0.25) is 0 Å². The number of anilines is 1. The normalized spacial score (nSPS) is 12.1. The van der Waals surface area contributed by atoms with Crippen LogP contribution in [-0.2, 0) is 12.8 Å². The van der Waals surface area contributed by atoms with Gasteiger partial charge in [-0.15, -0.1) is 11.8 Å². The van der Waals surface area contributed by atoms with Gasteiger partial charge < -0.3 is 10.1 Å². The fourth-order valence-electron chi connectivity index (χ4n) is 3.25. The molecule has 1 aromatic heterocycles. The maximum atomic E-state index is 12.9. The number of nitrogens with one attached hydrogen (secondary N) is 1. The molecule has 2 heterocycles. The lowest BCUT2D eigenvalue weighted by molar-refractivity contribution is -0.384. The third-order valence-corrected chi connectivity index (χ3v) is 5.62. The summed E-state index contributed by atoms with van der Waals surface area (Å²) >= 11 is 1.65. The molecule has 0 fully saturated rings. The minimum Gasteiger partial charge on any atom is -0.495 e. The Morgan fingerprint density at radius 1 is 1.32 bits per heavy atom. The van der Waals surface area contributed by atoms with Crippen molar-refractivity contribution in [2.24, 2.45) is 7.05 Å². The van der Waals surface area contributed by atoms with Crippen LogP contribution in [0.3, 0.4) is 0 Å². The van der Waals surface area contributed by atoms with Crippen LogP contribution < -0.4 is 10.1 Å². The van der Waals surface area contributed by atoms with Crippen molar-refractivity contribution in [1.29, 1.82) is 0 Å². The number of rotatable bonds is 4. The zero-order valence-electron chi connectivity index (χ0n) is 15.1. The number of hydrogen-bond donors (Lipinski definition) is 1. The number of non-ortho nitro benzene ring substituents is 1. The maximum Gasteiger partial charge on any atom is 0.276 e. The summed E-state index contributed by atoms with van der Waals surface area (Å²) in [6, 6.07) is 12.0. The molecule has 3 aromatic rings. The second kappa shape index (κ2) is 7.01. The minimum absolute atomic E-state index is 0.136. The van der Waals surface area contributed by atoms with Crippen LogP contribution in [0.1, 0.15) is 16.1 Å². The molecular weight excluding hydrogens is 380 g/mol. The van der Waals surface area contributed by atoms with Crippen LogP contribution in [0.2, 0.25) is 0 Å². The Labute approximate surface area is 164 Å². The third-order valence-electron chi connectivity index (χ3n) is 4.52. The van der Waals surface area contributed by atoms with E-state index in [2.05, 4.69) is 10.4 Å². The van der Waals surface area contributed by atoms with Crippen molar-refractivity contribution in [2.75, 3.05) is 12.4 Å². The zero-order chi connectivity index (χ0) is 19.8. The molecule has 4 rings (SSSR count). The summed E-state index contributed by atoms with van der Waals surface area (Å²) in [5.74, 6) is 0.522. The number of fused-ring (bicyclic) bond motifs is 3. The van der Waals surface area contributed by atoms with E-state index in [4.69, 9.17) is 4.74 Å². The number of nitro benzene ring substituents is 1. The average Bonchev–Trinajstić information content (AvgIpc) is 3.05. The fourth-order valence-corrected chi connectivity index (χ4v) is 4.32. The van der Waals surface area contributed by atoms with Gasteiger partial charge in [-0.1, -0.05) is 18.2 Å². The van der Waals surface area contributed by atoms with E-state index >= 15 is 0 Å². The highest BCUT2D eigenvalue weighted by Crippen LogP contribution is 2.42. The molecule has 28 heavy (non-hydrogen) atoms. The number of aromatic nitrogens is 2. The Hall–Kier alpha value is -3.33. The molecule has 1 aliphatic heterocycles. The highest BCUT2D eigenvalue weighted by atomic mass is 32.2. The number of amides is 1. The lowest BCUT2D eigenvalue weighted by Gasteiger charge is -2.17. The summed E-state index contributed by atoms with van der Waals surface area (Å²) in [5.41, 5.74) is 3.18. The van der Waals surface area contributed by atoms with Gasteiger partial charge in [0, 0.05) is 41.0 Å². The Bertz CT molecular complexity index is 1110. The molecule has 8 nitrogen and oxygen atoms in total. The number of hydrogen-bond acceptors (Lipinski definition) is 6. The molecule has 142 valence electrons. The van der Waals surface area contributed by atoms with Crippen LogP contribution in [0.4, 0.5) is 11.4 Å². The second-order valence-electron chi connectivity index (χ2n) is 6.18. The van der Waals surface area contributed by atoms with Gasteiger partial charge in [-0.3, -0.25) is 19.6 Å². The molecule has 2 aromatic carbocycles. The average molecular weight is 396 g/mol. The monoisotopic (exact) mass is 396 g/mol. The molecule has 0 radical (unpaired) electrons. The van der Waals surface area contributed by atoms with Crippen molar-refractivity contribution in [2.45, 2.75) is 10.6 Å². The van der Waals surface area contributed by atoms with Crippen LogP contribution in [0, 0.1) is 10.1 Å². The molecule has 0 bridgehead atoms. The number of ether oxygens (including phenoxy) is 1. The first kappa shape index (κ1) is 18.1. The summed E-state index contributed by atoms with van der Waals surface area (Å²) in [7, 11) is 3.24. The van der Waals surface area contributed by atoms with Crippen molar-refractivity contribution in [3.63, 3.8) is 0 Å². The quantitative estimate of drug-likeness (QED) is 0.531. The van der Waals surface area contributed by atoms with Crippen LogP contribution in [0.15, 0.2) is 47.4 Å². The molecule has 1 aliphatic rings. The van der Waals surface area contributed by atoms with Crippen LogP contribution in [0.25, 0.3) is 11.3 Å². The van der Waals surface area contributed by atoms with Gasteiger partial charge in [0.15, 0.2) is 5.69 Å². The van der Waals surface area contributed by atoms with E-state index in [1.807, 2.05) is 24.3 Å².